The van der Waals surface area contributed by atoms with Crippen LogP contribution < -0.4 is 0 Å². The van der Waals surface area contributed by atoms with Gasteiger partial charge in [0.05, 0.1) is 0 Å². The average molecular weight is 149 g/mol. The average Bonchev–Trinajstić information content (AvgIpc) is 2.19. The first-order valence-corrected chi connectivity index (χ1v) is 3.88. The standard InChI is InChI=1S/C7H10ClF/c8-6-1-3-7(9,5-6)4-2-6/h1-5H2. The first-order valence-electron chi connectivity index (χ1n) is 3.50. The van der Waals surface area contributed by atoms with Gasteiger partial charge in [0, 0.05) is 11.3 Å². The van der Waals surface area contributed by atoms with Gasteiger partial charge in [-0.05, 0) is 25.7 Å². The minimum absolute atomic E-state index is 0.130. The summed E-state index contributed by atoms with van der Waals surface area (Å²) in [6.45, 7) is 0. The molecule has 2 rings (SSSR count). The Kier molecular flexibility index (Phi) is 0.958. The highest BCUT2D eigenvalue weighted by molar-refractivity contribution is 6.24. The molecule has 0 radical (unpaired) electrons. The summed E-state index contributed by atoms with van der Waals surface area (Å²) in [4.78, 5) is -0.130. The lowest BCUT2D eigenvalue weighted by Crippen LogP contribution is -2.14. The number of rotatable bonds is 0. The Bertz CT molecular complexity index is 120. The van der Waals surface area contributed by atoms with E-state index >= 15 is 0 Å². The van der Waals surface area contributed by atoms with Crippen molar-refractivity contribution in [2.75, 3.05) is 0 Å². The minimum atomic E-state index is -0.859. The van der Waals surface area contributed by atoms with Crippen molar-refractivity contribution in [2.24, 2.45) is 0 Å². The normalized spacial score (nSPS) is 56.7. The molecule has 0 nitrogen and oxygen atoms in total. The molecule has 0 N–H and O–H groups in total. The van der Waals surface area contributed by atoms with Crippen molar-refractivity contribution < 1.29 is 4.39 Å². The van der Waals surface area contributed by atoms with Crippen molar-refractivity contribution in [2.45, 2.75) is 42.6 Å². The zero-order valence-corrected chi connectivity index (χ0v) is 6.05. The number of hydrogen-bond acceptors (Lipinski definition) is 0. The van der Waals surface area contributed by atoms with Crippen molar-refractivity contribution in [1.82, 2.24) is 0 Å². The van der Waals surface area contributed by atoms with Crippen LogP contribution in [0, 0.1) is 0 Å². The molecule has 0 aliphatic heterocycles. The SMILES string of the molecule is FC12CCC(Cl)(CC1)C2. The molecule has 0 unspecified atom stereocenters. The number of fused-ring (bicyclic) bond motifs is 2. The fraction of sp³-hybridized carbons (Fsp3) is 1.00. The second-order valence-corrected chi connectivity index (χ2v) is 4.28. The van der Waals surface area contributed by atoms with Gasteiger partial charge in [0.2, 0.25) is 0 Å². The molecule has 2 aliphatic rings. The van der Waals surface area contributed by atoms with E-state index in [1.165, 1.54) is 0 Å². The van der Waals surface area contributed by atoms with Crippen molar-refractivity contribution >= 4 is 11.6 Å². The molecular weight excluding hydrogens is 139 g/mol. The molecule has 0 aromatic heterocycles. The highest BCUT2D eigenvalue weighted by atomic mass is 35.5. The predicted octanol–water partition coefficient (Wildman–Crippen LogP) is 2.65. The topological polar surface area (TPSA) is 0 Å². The highest BCUT2D eigenvalue weighted by Gasteiger charge is 2.53. The zero-order valence-electron chi connectivity index (χ0n) is 5.29. The van der Waals surface area contributed by atoms with Crippen LogP contribution in [0.3, 0.4) is 0 Å². The van der Waals surface area contributed by atoms with E-state index in [1.54, 1.807) is 0 Å². The fourth-order valence-corrected chi connectivity index (χ4v) is 2.50. The molecule has 0 spiro atoms. The summed E-state index contributed by atoms with van der Waals surface area (Å²) in [5, 5.41) is 0. The van der Waals surface area contributed by atoms with Gasteiger partial charge in [0.1, 0.15) is 5.67 Å². The lowest BCUT2D eigenvalue weighted by Gasteiger charge is -2.17. The zero-order chi connectivity index (χ0) is 6.54. The third-order valence-electron chi connectivity index (χ3n) is 2.68. The largest absolute Gasteiger partial charge is 0.244 e. The van der Waals surface area contributed by atoms with Gasteiger partial charge < -0.3 is 0 Å². The molecular formula is C7H10ClF. The molecule has 52 valence electrons. The first kappa shape index (κ1) is 5.96. The van der Waals surface area contributed by atoms with E-state index in [4.69, 9.17) is 11.6 Å². The molecule has 2 saturated carbocycles. The number of hydrogen-bond donors (Lipinski definition) is 0. The highest BCUT2D eigenvalue weighted by Crippen LogP contribution is 2.56. The molecule has 0 aromatic rings. The fourth-order valence-electron chi connectivity index (χ4n) is 2.07. The van der Waals surface area contributed by atoms with Crippen LogP contribution in [0.1, 0.15) is 32.1 Å². The quantitative estimate of drug-likeness (QED) is 0.464. The van der Waals surface area contributed by atoms with Crippen molar-refractivity contribution in [3.8, 4) is 0 Å². The number of alkyl halides is 2. The van der Waals surface area contributed by atoms with Crippen molar-refractivity contribution in [1.29, 1.82) is 0 Å². The van der Waals surface area contributed by atoms with Crippen LogP contribution in [0.15, 0.2) is 0 Å². The molecule has 2 fully saturated rings. The summed E-state index contributed by atoms with van der Waals surface area (Å²) in [7, 11) is 0. The van der Waals surface area contributed by atoms with E-state index in [0.29, 0.717) is 19.3 Å². The lowest BCUT2D eigenvalue weighted by atomic mass is 9.99. The monoisotopic (exact) mass is 148 g/mol. The Morgan fingerprint density at radius 3 is 1.78 bits per heavy atom. The van der Waals surface area contributed by atoms with Crippen LogP contribution in [0.4, 0.5) is 4.39 Å². The van der Waals surface area contributed by atoms with Crippen LogP contribution in [0.2, 0.25) is 0 Å². The second-order valence-electron chi connectivity index (χ2n) is 3.48. The van der Waals surface area contributed by atoms with Crippen LogP contribution in [-0.4, -0.2) is 10.5 Å². The van der Waals surface area contributed by atoms with E-state index in [1.807, 2.05) is 0 Å². The van der Waals surface area contributed by atoms with Gasteiger partial charge in [0.15, 0.2) is 0 Å². The van der Waals surface area contributed by atoms with Gasteiger partial charge >= 0.3 is 0 Å². The van der Waals surface area contributed by atoms with Gasteiger partial charge in [-0.3, -0.25) is 0 Å². The maximum atomic E-state index is 13.2. The van der Waals surface area contributed by atoms with E-state index in [2.05, 4.69) is 0 Å². The van der Waals surface area contributed by atoms with Gasteiger partial charge in [-0.15, -0.1) is 11.6 Å². The summed E-state index contributed by atoms with van der Waals surface area (Å²) < 4.78 is 13.2. The second kappa shape index (κ2) is 1.45. The Balaban J connectivity index is 2.25. The maximum Gasteiger partial charge on any atom is 0.112 e. The molecule has 0 aromatic carbocycles. The summed E-state index contributed by atoms with van der Waals surface area (Å²) in [6, 6.07) is 0. The van der Waals surface area contributed by atoms with Gasteiger partial charge in [0.25, 0.3) is 0 Å². The molecule has 9 heavy (non-hydrogen) atoms. The molecule has 0 saturated heterocycles. The van der Waals surface area contributed by atoms with Crippen LogP contribution in [0.25, 0.3) is 0 Å². The molecule has 0 heterocycles. The maximum absolute atomic E-state index is 13.2. The first-order chi connectivity index (χ1) is 4.12. The van der Waals surface area contributed by atoms with Gasteiger partial charge in [-0.2, -0.15) is 0 Å². The van der Waals surface area contributed by atoms with E-state index in [9.17, 15) is 4.39 Å². The molecule has 2 bridgehead atoms. The molecule has 2 aliphatic carbocycles. The smallest absolute Gasteiger partial charge is 0.112 e. The molecule has 2 heteroatoms. The van der Waals surface area contributed by atoms with E-state index in [0.717, 1.165) is 12.8 Å². The summed E-state index contributed by atoms with van der Waals surface area (Å²) >= 11 is 6.05. The van der Waals surface area contributed by atoms with Gasteiger partial charge in [-0.25, -0.2) is 4.39 Å². The summed E-state index contributed by atoms with van der Waals surface area (Å²) in [5.41, 5.74) is -0.859. The van der Waals surface area contributed by atoms with Crippen molar-refractivity contribution in [3.63, 3.8) is 0 Å². The predicted molar refractivity (Wildman–Crippen MR) is 35.5 cm³/mol. The van der Waals surface area contributed by atoms with Crippen LogP contribution in [-0.2, 0) is 0 Å². The molecule has 0 amide bonds. The van der Waals surface area contributed by atoms with Gasteiger partial charge in [-0.1, -0.05) is 0 Å². The summed E-state index contributed by atoms with van der Waals surface area (Å²) in [6.07, 6.45) is 3.81. The minimum Gasteiger partial charge on any atom is -0.244 e. The van der Waals surface area contributed by atoms with E-state index < -0.39 is 5.67 Å². The third-order valence-corrected chi connectivity index (χ3v) is 3.19. The molecule has 0 atom stereocenters. The van der Waals surface area contributed by atoms with Crippen molar-refractivity contribution in [3.05, 3.63) is 0 Å². The Hall–Kier alpha value is 0.220. The lowest BCUT2D eigenvalue weighted by molar-refractivity contribution is 0.176. The van der Waals surface area contributed by atoms with Crippen LogP contribution >= 0.6 is 11.6 Å². The Morgan fingerprint density at radius 1 is 1.11 bits per heavy atom. The Morgan fingerprint density at radius 2 is 1.67 bits per heavy atom. The van der Waals surface area contributed by atoms with E-state index in [-0.39, 0.29) is 4.87 Å². The summed E-state index contributed by atoms with van der Waals surface area (Å²) in [5.74, 6) is 0. The van der Waals surface area contributed by atoms with Crippen LogP contribution in [0.5, 0.6) is 0 Å². The third kappa shape index (κ3) is 0.778. The Labute approximate surface area is 59.4 Å². The number of halogens is 2.